The van der Waals surface area contributed by atoms with Gasteiger partial charge >= 0.3 is 5.97 Å². The van der Waals surface area contributed by atoms with E-state index in [0.29, 0.717) is 17.0 Å². The van der Waals surface area contributed by atoms with Crippen molar-refractivity contribution in [2.75, 3.05) is 6.54 Å². The Balaban J connectivity index is 3.04. The Labute approximate surface area is 121 Å². The van der Waals surface area contributed by atoms with Gasteiger partial charge < -0.3 is 10.0 Å². The van der Waals surface area contributed by atoms with Crippen LogP contribution in [0.25, 0.3) is 0 Å². The maximum Gasteiger partial charge on any atom is 0.323 e. The van der Waals surface area contributed by atoms with Crippen LogP contribution in [0.15, 0.2) is 18.2 Å². The fraction of sp³-hybridized carbons (Fsp3) is 0.385. The van der Waals surface area contributed by atoms with E-state index >= 15 is 0 Å². The van der Waals surface area contributed by atoms with Crippen LogP contribution in [0.1, 0.15) is 30.6 Å². The zero-order valence-corrected chi connectivity index (χ0v) is 12.2. The molecule has 6 heteroatoms. The molecule has 0 saturated heterocycles. The van der Waals surface area contributed by atoms with Crippen LogP contribution >= 0.6 is 23.2 Å². The first-order chi connectivity index (χ1) is 8.86. The highest BCUT2D eigenvalue weighted by molar-refractivity contribution is 6.42. The van der Waals surface area contributed by atoms with Crippen LogP contribution in [0.4, 0.5) is 0 Å². The van der Waals surface area contributed by atoms with Crippen molar-refractivity contribution in [2.24, 2.45) is 0 Å². The second-order valence-electron chi connectivity index (χ2n) is 4.21. The molecule has 1 amide bonds. The van der Waals surface area contributed by atoms with E-state index in [0.717, 1.165) is 0 Å². The Morgan fingerprint density at radius 2 is 1.95 bits per heavy atom. The molecule has 0 spiro atoms. The summed E-state index contributed by atoms with van der Waals surface area (Å²) in [5, 5.41) is 9.51. The first-order valence-electron chi connectivity index (χ1n) is 5.84. The van der Waals surface area contributed by atoms with Gasteiger partial charge in [0.1, 0.15) is 6.54 Å². The van der Waals surface area contributed by atoms with Crippen molar-refractivity contribution in [3.63, 3.8) is 0 Å². The number of carboxylic acid groups (broad SMARTS) is 1. The molecule has 1 N–H and O–H groups in total. The minimum atomic E-state index is -1.05. The van der Waals surface area contributed by atoms with Crippen LogP contribution in [0, 0.1) is 0 Å². The molecule has 0 aliphatic heterocycles. The zero-order chi connectivity index (χ0) is 14.6. The van der Waals surface area contributed by atoms with Gasteiger partial charge in [0.15, 0.2) is 0 Å². The smallest absolute Gasteiger partial charge is 0.323 e. The number of rotatable bonds is 5. The largest absolute Gasteiger partial charge is 0.480 e. The second kappa shape index (κ2) is 6.78. The lowest BCUT2D eigenvalue weighted by Gasteiger charge is -2.27. The predicted octanol–water partition coefficient (Wildman–Crippen LogP) is 3.32. The molecule has 19 heavy (non-hydrogen) atoms. The summed E-state index contributed by atoms with van der Waals surface area (Å²) in [5.74, 6) is -1.41. The van der Waals surface area contributed by atoms with Crippen LogP contribution in [0.5, 0.6) is 0 Å². The number of halogens is 2. The molecule has 1 unspecified atom stereocenters. The molecule has 0 bridgehead atoms. The van der Waals surface area contributed by atoms with Gasteiger partial charge in [-0.25, -0.2) is 0 Å². The topological polar surface area (TPSA) is 57.6 Å². The SMILES string of the molecule is CCC(C)N(CC(=O)O)C(=O)c1ccc(Cl)c(Cl)c1. The van der Waals surface area contributed by atoms with Gasteiger partial charge in [0.25, 0.3) is 5.91 Å². The molecule has 1 atom stereocenters. The van der Waals surface area contributed by atoms with Crippen molar-refractivity contribution in [2.45, 2.75) is 26.3 Å². The average molecular weight is 304 g/mol. The number of nitrogens with zero attached hydrogens (tertiary/aromatic N) is 1. The van der Waals surface area contributed by atoms with Gasteiger partial charge in [-0.3, -0.25) is 9.59 Å². The third-order valence-corrected chi connectivity index (χ3v) is 3.59. The Hall–Kier alpha value is -1.26. The van der Waals surface area contributed by atoms with Gasteiger partial charge in [0, 0.05) is 11.6 Å². The van der Waals surface area contributed by atoms with Crippen molar-refractivity contribution in [1.29, 1.82) is 0 Å². The fourth-order valence-corrected chi connectivity index (χ4v) is 1.89. The Morgan fingerprint density at radius 3 is 2.42 bits per heavy atom. The van der Waals surface area contributed by atoms with Crippen LogP contribution in [0.3, 0.4) is 0 Å². The number of carbonyl (C=O) groups is 2. The Kier molecular flexibility index (Phi) is 5.63. The van der Waals surface area contributed by atoms with Crippen LogP contribution < -0.4 is 0 Å². The molecule has 0 fully saturated rings. The van der Waals surface area contributed by atoms with Crippen molar-refractivity contribution >= 4 is 35.1 Å². The number of amides is 1. The standard InChI is InChI=1S/C13H15Cl2NO3/c1-3-8(2)16(7-12(17)18)13(19)9-4-5-10(14)11(15)6-9/h4-6,8H,3,7H2,1-2H3,(H,17,18). The van der Waals surface area contributed by atoms with Gasteiger partial charge in [0.05, 0.1) is 10.0 Å². The molecule has 0 saturated carbocycles. The lowest BCUT2D eigenvalue weighted by molar-refractivity contribution is -0.138. The maximum absolute atomic E-state index is 12.3. The molecule has 1 aromatic rings. The molecule has 0 heterocycles. The number of aliphatic carboxylic acids is 1. The van der Waals surface area contributed by atoms with E-state index in [1.807, 2.05) is 6.92 Å². The quantitative estimate of drug-likeness (QED) is 0.908. The van der Waals surface area contributed by atoms with E-state index in [2.05, 4.69) is 0 Å². The molecular formula is C13H15Cl2NO3. The average Bonchev–Trinajstić information content (AvgIpc) is 2.37. The summed E-state index contributed by atoms with van der Waals surface area (Å²) in [4.78, 5) is 24.5. The summed E-state index contributed by atoms with van der Waals surface area (Å²) >= 11 is 11.7. The molecule has 0 aliphatic rings. The summed E-state index contributed by atoms with van der Waals surface area (Å²) in [5.41, 5.74) is 0.330. The van der Waals surface area contributed by atoms with Gasteiger partial charge in [-0.05, 0) is 31.5 Å². The summed E-state index contributed by atoms with van der Waals surface area (Å²) in [6.07, 6.45) is 0.667. The molecule has 0 aliphatic carbocycles. The molecule has 1 rings (SSSR count). The third kappa shape index (κ3) is 4.11. The van der Waals surface area contributed by atoms with Gasteiger partial charge in [-0.15, -0.1) is 0 Å². The van der Waals surface area contributed by atoms with Gasteiger partial charge in [-0.2, -0.15) is 0 Å². The van der Waals surface area contributed by atoms with Crippen molar-refractivity contribution < 1.29 is 14.7 Å². The summed E-state index contributed by atoms with van der Waals surface area (Å²) in [6, 6.07) is 4.34. The van der Waals surface area contributed by atoms with E-state index in [4.69, 9.17) is 28.3 Å². The fourth-order valence-electron chi connectivity index (χ4n) is 1.59. The van der Waals surface area contributed by atoms with Crippen molar-refractivity contribution in [3.05, 3.63) is 33.8 Å². The van der Waals surface area contributed by atoms with E-state index in [9.17, 15) is 9.59 Å². The summed E-state index contributed by atoms with van der Waals surface area (Å²) in [6.45, 7) is 3.36. The summed E-state index contributed by atoms with van der Waals surface area (Å²) < 4.78 is 0. The van der Waals surface area contributed by atoms with Crippen molar-refractivity contribution in [3.8, 4) is 0 Å². The monoisotopic (exact) mass is 303 g/mol. The Bertz CT molecular complexity index is 491. The molecule has 104 valence electrons. The first kappa shape index (κ1) is 15.8. The normalized spacial score (nSPS) is 12.0. The van der Waals surface area contributed by atoms with E-state index in [1.165, 1.54) is 23.1 Å². The lowest BCUT2D eigenvalue weighted by atomic mass is 10.1. The minimum absolute atomic E-state index is 0.168. The van der Waals surface area contributed by atoms with Gasteiger partial charge in [0.2, 0.25) is 0 Å². The highest BCUT2D eigenvalue weighted by Gasteiger charge is 2.23. The van der Waals surface area contributed by atoms with Crippen LogP contribution in [0.2, 0.25) is 10.0 Å². The van der Waals surface area contributed by atoms with E-state index < -0.39 is 5.97 Å². The zero-order valence-electron chi connectivity index (χ0n) is 10.7. The minimum Gasteiger partial charge on any atom is -0.480 e. The van der Waals surface area contributed by atoms with E-state index in [-0.39, 0.29) is 23.5 Å². The number of hydrogen-bond acceptors (Lipinski definition) is 2. The maximum atomic E-state index is 12.3. The first-order valence-corrected chi connectivity index (χ1v) is 6.60. The van der Waals surface area contributed by atoms with Crippen LogP contribution in [-0.2, 0) is 4.79 Å². The Morgan fingerprint density at radius 1 is 1.32 bits per heavy atom. The lowest BCUT2D eigenvalue weighted by Crippen LogP contribution is -2.41. The predicted molar refractivity (Wildman–Crippen MR) is 74.9 cm³/mol. The van der Waals surface area contributed by atoms with E-state index in [1.54, 1.807) is 6.92 Å². The third-order valence-electron chi connectivity index (χ3n) is 2.86. The molecule has 4 nitrogen and oxygen atoms in total. The highest BCUT2D eigenvalue weighted by Crippen LogP contribution is 2.23. The number of carboxylic acids is 1. The van der Waals surface area contributed by atoms with Crippen molar-refractivity contribution in [1.82, 2.24) is 4.90 Å². The highest BCUT2D eigenvalue weighted by atomic mass is 35.5. The second-order valence-corrected chi connectivity index (χ2v) is 5.03. The van der Waals surface area contributed by atoms with Crippen LogP contribution in [-0.4, -0.2) is 34.5 Å². The number of benzene rings is 1. The number of hydrogen-bond donors (Lipinski definition) is 1. The molecular weight excluding hydrogens is 289 g/mol. The molecule has 0 aromatic heterocycles. The molecule has 1 aromatic carbocycles. The summed E-state index contributed by atoms with van der Waals surface area (Å²) in [7, 11) is 0. The number of carbonyl (C=O) groups excluding carboxylic acids is 1. The molecule has 0 radical (unpaired) electrons. The van der Waals surface area contributed by atoms with Gasteiger partial charge in [-0.1, -0.05) is 30.1 Å².